The first kappa shape index (κ1) is 24.4. The van der Waals surface area contributed by atoms with Gasteiger partial charge in [0.1, 0.15) is 11.2 Å². The Hall–Kier alpha value is -4.27. The molecule has 0 saturated carbocycles. The van der Waals surface area contributed by atoms with Crippen LogP contribution in [0.5, 0.6) is 0 Å². The summed E-state index contributed by atoms with van der Waals surface area (Å²) in [5.74, 6) is -0.388. The highest BCUT2D eigenvalue weighted by Gasteiger charge is 2.46. The molecule has 2 fully saturated rings. The van der Waals surface area contributed by atoms with Crippen LogP contribution >= 0.6 is 0 Å². The van der Waals surface area contributed by atoms with Crippen molar-refractivity contribution in [3.63, 3.8) is 0 Å². The number of imide groups is 1. The van der Waals surface area contributed by atoms with Gasteiger partial charge >= 0.3 is 6.03 Å². The number of amides is 4. The van der Waals surface area contributed by atoms with E-state index in [0.29, 0.717) is 41.9 Å². The lowest BCUT2D eigenvalue weighted by molar-refractivity contribution is -0.124. The third-order valence-corrected chi connectivity index (χ3v) is 7.45. The van der Waals surface area contributed by atoms with Crippen LogP contribution in [0.3, 0.4) is 0 Å². The van der Waals surface area contributed by atoms with Crippen LogP contribution in [0.15, 0.2) is 54.6 Å². The lowest BCUT2D eigenvalue weighted by Gasteiger charge is -2.31. The second kappa shape index (κ2) is 9.65. The molecule has 9 heteroatoms. The fourth-order valence-electron chi connectivity index (χ4n) is 5.13. The molecular formula is C28H29N5O4. The van der Waals surface area contributed by atoms with E-state index in [1.54, 1.807) is 24.3 Å². The van der Waals surface area contributed by atoms with Gasteiger partial charge in [0.05, 0.1) is 5.69 Å². The molecule has 2 aromatic carbocycles. The van der Waals surface area contributed by atoms with E-state index in [9.17, 15) is 19.2 Å². The van der Waals surface area contributed by atoms with Gasteiger partial charge in [-0.1, -0.05) is 48.9 Å². The zero-order valence-corrected chi connectivity index (χ0v) is 20.8. The molecule has 0 bridgehead atoms. The maximum atomic E-state index is 13.1. The number of H-pyrrole nitrogens is 1. The molecule has 5 rings (SSSR count). The number of nitrogens with one attached hydrogen (secondary N) is 3. The second-order valence-corrected chi connectivity index (χ2v) is 9.71. The minimum absolute atomic E-state index is 0.0762. The van der Waals surface area contributed by atoms with Gasteiger partial charge in [-0.3, -0.25) is 24.8 Å². The Kier molecular flexibility index (Phi) is 6.37. The smallest absolute Gasteiger partial charge is 0.322 e. The quantitative estimate of drug-likeness (QED) is 0.354. The van der Waals surface area contributed by atoms with Gasteiger partial charge < -0.3 is 10.2 Å². The standard InChI is InChI=1S/C28H29N5O4/c1-3-28(26(36)29-27(37)30-28)21-10-8-20(9-11-21)25(35)33-14-12-18(13-15-33)22-16-23(32-31-22)24(34)19-6-4-17(2)5-7-19/h4-11,16,18H,3,12-15H2,1-2H3,(H,31,32)(H2,29,30,36,37)/t28-/m1/s1. The normalized spacial score (nSPS) is 20.0. The summed E-state index contributed by atoms with van der Waals surface area (Å²) in [6.07, 6.45) is 1.90. The van der Waals surface area contributed by atoms with Crippen LogP contribution in [-0.4, -0.2) is 51.8 Å². The Morgan fingerprint density at radius 2 is 1.65 bits per heavy atom. The highest BCUT2D eigenvalue weighted by Crippen LogP contribution is 2.30. The van der Waals surface area contributed by atoms with Crippen LogP contribution in [-0.2, 0) is 10.3 Å². The molecule has 2 saturated heterocycles. The highest BCUT2D eigenvalue weighted by molar-refractivity contribution is 6.08. The summed E-state index contributed by atoms with van der Waals surface area (Å²) in [4.78, 5) is 51.8. The fraction of sp³-hybridized carbons (Fsp3) is 0.321. The summed E-state index contributed by atoms with van der Waals surface area (Å²) < 4.78 is 0. The number of hydrogen-bond donors (Lipinski definition) is 3. The Morgan fingerprint density at radius 3 is 2.24 bits per heavy atom. The van der Waals surface area contributed by atoms with E-state index in [1.807, 2.05) is 49.1 Å². The molecule has 37 heavy (non-hydrogen) atoms. The third-order valence-electron chi connectivity index (χ3n) is 7.45. The highest BCUT2D eigenvalue weighted by atomic mass is 16.2. The van der Waals surface area contributed by atoms with Gasteiger partial charge in [0.15, 0.2) is 0 Å². The molecule has 3 aromatic rings. The third kappa shape index (κ3) is 4.52. The van der Waals surface area contributed by atoms with Gasteiger partial charge in [-0.2, -0.15) is 5.10 Å². The van der Waals surface area contributed by atoms with E-state index in [1.165, 1.54) is 0 Å². The maximum absolute atomic E-state index is 13.1. The van der Waals surface area contributed by atoms with E-state index in [0.717, 1.165) is 24.1 Å². The molecule has 1 atom stereocenters. The van der Waals surface area contributed by atoms with Crippen molar-refractivity contribution in [3.8, 4) is 0 Å². The number of aryl methyl sites for hydroxylation is 1. The first-order valence-corrected chi connectivity index (χ1v) is 12.5. The van der Waals surface area contributed by atoms with Crippen molar-refractivity contribution < 1.29 is 19.2 Å². The van der Waals surface area contributed by atoms with Gasteiger partial charge in [-0.15, -0.1) is 0 Å². The van der Waals surface area contributed by atoms with Gasteiger partial charge in [-0.25, -0.2) is 4.79 Å². The largest absolute Gasteiger partial charge is 0.339 e. The van der Waals surface area contributed by atoms with Crippen LogP contribution in [0.25, 0.3) is 0 Å². The van der Waals surface area contributed by atoms with Crippen LogP contribution in [0, 0.1) is 6.92 Å². The van der Waals surface area contributed by atoms with Crippen LogP contribution in [0.2, 0.25) is 0 Å². The number of piperidine rings is 1. The van der Waals surface area contributed by atoms with Gasteiger partial charge in [-0.05, 0) is 49.9 Å². The van der Waals surface area contributed by atoms with Crippen LogP contribution < -0.4 is 10.6 Å². The fourth-order valence-corrected chi connectivity index (χ4v) is 5.13. The average molecular weight is 500 g/mol. The molecule has 1 aromatic heterocycles. The van der Waals surface area contributed by atoms with Crippen LogP contribution in [0.1, 0.15) is 75.3 Å². The zero-order valence-electron chi connectivity index (χ0n) is 20.8. The topological polar surface area (TPSA) is 124 Å². The van der Waals surface area contributed by atoms with Crippen molar-refractivity contribution in [1.82, 2.24) is 25.7 Å². The van der Waals surface area contributed by atoms with E-state index in [2.05, 4.69) is 20.8 Å². The molecule has 0 spiro atoms. The number of hydrogen-bond acceptors (Lipinski definition) is 5. The van der Waals surface area contributed by atoms with Crippen molar-refractivity contribution in [2.75, 3.05) is 13.1 Å². The van der Waals surface area contributed by atoms with Crippen molar-refractivity contribution in [1.29, 1.82) is 0 Å². The number of urea groups is 1. The number of rotatable bonds is 6. The number of benzene rings is 2. The zero-order chi connectivity index (χ0) is 26.2. The Balaban J connectivity index is 1.21. The lowest BCUT2D eigenvalue weighted by atomic mass is 9.87. The van der Waals surface area contributed by atoms with Crippen molar-refractivity contribution >= 4 is 23.6 Å². The Bertz CT molecular complexity index is 1350. The number of carbonyl (C=O) groups is 4. The summed E-state index contributed by atoms with van der Waals surface area (Å²) in [6, 6.07) is 15.6. The van der Waals surface area contributed by atoms with Crippen molar-refractivity contribution in [3.05, 3.63) is 88.2 Å². The molecule has 9 nitrogen and oxygen atoms in total. The minimum atomic E-state index is -1.11. The summed E-state index contributed by atoms with van der Waals surface area (Å²) in [6.45, 7) is 4.97. The SMILES string of the molecule is CC[C@]1(c2ccc(C(=O)N3CCC(c4cc(C(=O)c5ccc(C)cc5)[nH]n4)CC3)cc2)NC(=O)NC1=O. The monoisotopic (exact) mass is 499 g/mol. The van der Waals surface area contributed by atoms with E-state index in [4.69, 9.17) is 0 Å². The maximum Gasteiger partial charge on any atom is 0.322 e. The lowest BCUT2D eigenvalue weighted by Crippen LogP contribution is -2.43. The number of nitrogens with zero attached hydrogens (tertiary/aromatic N) is 2. The first-order chi connectivity index (χ1) is 17.8. The molecule has 190 valence electrons. The molecular weight excluding hydrogens is 470 g/mol. The van der Waals surface area contributed by atoms with E-state index >= 15 is 0 Å². The summed E-state index contributed by atoms with van der Waals surface area (Å²) in [5, 5.41) is 12.3. The van der Waals surface area contributed by atoms with Gasteiger partial charge in [0, 0.05) is 30.1 Å². The Morgan fingerprint density at radius 1 is 1.00 bits per heavy atom. The second-order valence-electron chi connectivity index (χ2n) is 9.71. The number of carbonyl (C=O) groups excluding carboxylic acids is 4. The molecule has 3 heterocycles. The number of aromatic amines is 1. The predicted octanol–water partition coefficient (Wildman–Crippen LogP) is 3.41. The summed E-state index contributed by atoms with van der Waals surface area (Å²) in [5.41, 5.74) is 3.09. The summed E-state index contributed by atoms with van der Waals surface area (Å²) in [7, 11) is 0. The van der Waals surface area contributed by atoms with Crippen molar-refractivity contribution in [2.24, 2.45) is 0 Å². The molecule has 4 amide bonds. The molecule has 2 aliphatic heterocycles. The average Bonchev–Trinajstić information content (AvgIpc) is 3.53. The van der Waals surface area contributed by atoms with Crippen molar-refractivity contribution in [2.45, 2.75) is 44.6 Å². The first-order valence-electron chi connectivity index (χ1n) is 12.5. The molecule has 0 radical (unpaired) electrons. The molecule has 3 N–H and O–H groups in total. The molecule has 0 unspecified atom stereocenters. The van der Waals surface area contributed by atoms with Crippen LogP contribution in [0.4, 0.5) is 4.79 Å². The molecule has 0 aliphatic carbocycles. The number of likely N-dealkylation sites (tertiary alicyclic amines) is 1. The number of ketones is 1. The van der Waals surface area contributed by atoms with Gasteiger partial charge in [0.25, 0.3) is 11.8 Å². The van der Waals surface area contributed by atoms with Gasteiger partial charge in [0.2, 0.25) is 5.78 Å². The van der Waals surface area contributed by atoms with E-state index < -0.39 is 11.6 Å². The minimum Gasteiger partial charge on any atom is -0.339 e. The summed E-state index contributed by atoms with van der Waals surface area (Å²) >= 11 is 0. The van der Waals surface area contributed by atoms with E-state index in [-0.39, 0.29) is 23.5 Å². The predicted molar refractivity (Wildman–Crippen MR) is 136 cm³/mol. The molecule has 2 aliphatic rings. The Labute approximate surface area is 214 Å². The number of aromatic nitrogens is 2.